The van der Waals surface area contributed by atoms with Crippen molar-refractivity contribution in [3.05, 3.63) is 77.7 Å². The van der Waals surface area contributed by atoms with E-state index >= 15 is 0 Å². The molecule has 90 valence electrons. The second-order valence-corrected chi connectivity index (χ2v) is 3.72. The lowest BCUT2D eigenvalue weighted by Gasteiger charge is -1.99. The number of carbonyl (C=O) groups excluding carboxylic acids is 1. The van der Waals surface area contributed by atoms with Crippen molar-refractivity contribution in [2.75, 3.05) is 0 Å². The number of rotatable bonds is 3. The Hall–Kier alpha value is -2.42. The fourth-order valence-electron chi connectivity index (χ4n) is 1.46. The summed E-state index contributed by atoms with van der Waals surface area (Å²) in [6.45, 7) is 0. The Balaban J connectivity index is 1.96. The van der Waals surface area contributed by atoms with E-state index in [-0.39, 0.29) is 11.7 Å². The third kappa shape index (κ3) is 3.28. The van der Waals surface area contributed by atoms with Gasteiger partial charge in [-0.15, -0.1) is 0 Å². The molecule has 0 aliphatic heterocycles. The average Bonchev–Trinajstić information content (AvgIpc) is 2.42. The van der Waals surface area contributed by atoms with Crippen molar-refractivity contribution in [1.82, 2.24) is 5.32 Å². The lowest BCUT2D eigenvalue weighted by atomic mass is 10.2. The van der Waals surface area contributed by atoms with Gasteiger partial charge in [-0.05, 0) is 35.9 Å². The molecule has 0 aliphatic carbocycles. The van der Waals surface area contributed by atoms with E-state index in [1.807, 2.05) is 6.07 Å². The Morgan fingerprint density at radius 3 is 2.33 bits per heavy atom. The quantitative estimate of drug-likeness (QED) is 0.878. The van der Waals surface area contributed by atoms with Gasteiger partial charge in [0, 0.05) is 11.8 Å². The number of hydrogen-bond donors (Lipinski definition) is 1. The molecule has 1 amide bonds. The van der Waals surface area contributed by atoms with Crippen LogP contribution in [0.5, 0.6) is 0 Å². The Morgan fingerprint density at radius 2 is 1.67 bits per heavy atom. The molecule has 0 spiro atoms. The molecule has 2 rings (SSSR count). The van der Waals surface area contributed by atoms with Crippen molar-refractivity contribution < 1.29 is 9.18 Å². The highest BCUT2D eigenvalue weighted by Gasteiger charge is 2.00. The molecule has 0 aliphatic rings. The summed E-state index contributed by atoms with van der Waals surface area (Å²) in [6, 6.07) is 15.0. The van der Waals surface area contributed by atoms with Gasteiger partial charge < -0.3 is 5.32 Å². The molecule has 0 saturated carbocycles. The van der Waals surface area contributed by atoms with Gasteiger partial charge in [0.2, 0.25) is 0 Å². The van der Waals surface area contributed by atoms with E-state index in [1.54, 1.807) is 48.7 Å². The fourth-order valence-corrected chi connectivity index (χ4v) is 1.46. The van der Waals surface area contributed by atoms with Gasteiger partial charge in [0.1, 0.15) is 5.82 Å². The summed E-state index contributed by atoms with van der Waals surface area (Å²) in [5.41, 5.74) is 1.42. The maximum absolute atomic E-state index is 12.7. The molecule has 1 N–H and O–H groups in total. The molecule has 0 atom stereocenters. The molecule has 0 unspecified atom stereocenters. The molecular weight excluding hydrogens is 229 g/mol. The summed E-state index contributed by atoms with van der Waals surface area (Å²) in [4.78, 5) is 11.7. The van der Waals surface area contributed by atoms with Crippen LogP contribution < -0.4 is 5.32 Å². The molecule has 2 aromatic rings. The summed E-state index contributed by atoms with van der Waals surface area (Å²) in [6.07, 6.45) is 3.25. The Labute approximate surface area is 105 Å². The van der Waals surface area contributed by atoms with Crippen LogP contribution in [0.1, 0.15) is 15.9 Å². The number of hydrogen-bond acceptors (Lipinski definition) is 1. The third-order valence-electron chi connectivity index (χ3n) is 2.40. The minimum absolute atomic E-state index is 0.172. The Kier molecular flexibility index (Phi) is 3.86. The third-order valence-corrected chi connectivity index (χ3v) is 2.40. The van der Waals surface area contributed by atoms with Crippen molar-refractivity contribution in [2.24, 2.45) is 0 Å². The molecule has 0 radical (unpaired) electrons. The zero-order valence-electron chi connectivity index (χ0n) is 9.64. The van der Waals surface area contributed by atoms with E-state index < -0.39 is 0 Å². The molecule has 3 heteroatoms. The van der Waals surface area contributed by atoms with Crippen LogP contribution in [0.3, 0.4) is 0 Å². The van der Waals surface area contributed by atoms with Crippen LogP contribution >= 0.6 is 0 Å². The Bertz CT molecular complexity index is 546. The summed E-state index contributed by atoms with van der Waals surface area (Å²) in [7, 11) is 0. The van der Waals surface area contributed by atoms with E-state index in [4.69, 9.17) is 0 Å². The minimum atomic E-state index is -0.277. The van der Waals surface area contributed by atoms with Gasteiger partial charge in [0.15, 0.2) is 0 Å². The highest BCUT2D eigenvalue weighted by molar-refractivity contribution is 5.95. The van der Waals surface area contributed by atoms with Crippen molar-refractivity contribution in [3.8, 4) is 0 Å². The summed E-state index contributed by atoms with van der Waals surface area (Å²) in [5.74, 6) is -0.450. The van der Waals surface area contributed by atoms with E-state index in [1.165, 1.54) is 12.1 Å². The van der Waals surface area contributed by atoms with Crippen LogP contribution in [-0.4, -0.2) is 5.91 Å². The predicted octanol–water partition coefficient (Wildman–Crippen LogP) is 3.23. The van der Waals surface area contributed by atoms with Crippen LogP contribution in [0.15, 0.2) is 60.8 Å². The second kappa shape index (κ2) is 5.77. The van der Waals surface area contributed by atoms with Gasteiger partial charge in [0.05, 0.1) is 0 Å². The lowest BCUT2D eigenvalue weighted by molar-refractivity contribution is 0.0970. The normalized spacial score (nSPS) is 10.5. The van der Waals surface area contributed by atoms with E-state index in [2.05, 4.69) is 5.32 Å². The maximum Gasteiger partial charge on any atom is 0.255 e. The predicted molar refractivity (Wildman–Crippen MR) is 69.3 cm³/mol. The number of halogens is 1. The number of carbonyl (C=O) groups is 1. The van der Waals surface area contributed by atoms with Crippen molar-refractivity contribution in [2.45, 2.75) is 0 Å². The zero-order valence-corrected chi connectivity index (χ0v) is 9.64. The van der Waals surface area contributed by atoms with Crippen molar-refractivity contribution >= 4 is 12.0 Å². The van der Waals surface area contributed by atoms with E-state index in [0.717, 1.165) is 5.56 Å². The smallest absolute Gasteiger partial charge is 0.255 e. The van der Waals surface area contributed by atoms with Gasteiger partial charge >= 0.3 is 0 Å². The monoisotopic (exact) mass is 241 g/mol. The fraction of sp³-hybridized carbons (Fsp3) is 0. The summed E-state index contributed by atoms with van der Waals surface area (Å²) >= 11 is 0. The molecule has 18 heavy (non-hydrogen) atoms. The van der Waals surface area contributed by atoms with Crippen LogP contribution in [0.4, 0.5) is 4.39 Å². The van der Waals surface area contributed by atoms with Gasteiger partial charge in [-0.3, -0.25) is 4.79 Å². The highest BCUT2D eigenvalue weighted by atomic mass is 19.1. The molecule has 0 aromatic heterocycles. The van der Waals surface area contributed by atoms with Crippen LogP contribution in [0.25, 0.3) is 6.08 Å². The largest absolute Gasteiger partial charge is 0.329 e. The number of benzene rings is 2. The van der Waals surface area contributed by atoms with E-state index in [0.29, 0.717) is 5.56 Å². The van der Waals surface area contributed by atoms with Crippen LogP contribution in [0, 0.1) is 5.82 Å². The first-order chi connectivity index (χ1) is 8.75. The van der Waals surface area contributed by atoms with Crippen LogP contribution in [-0.2, 0) is 0 Å². The van der Waals surface area contributed by atoms with Crippen LogP contribution in [0.2, 0.25) is 0 Å². The lowest BCUT2D eigenvalue weighted by Crippen LogP contribution is -2.16. The summed E-state index contributed by atoms with van der Waals surface area (Å²) in [5, 5.41) is 2.65. The molecular formula is C15H12FNO. The summed E-state index contributed by atoms with van der Waals surface area (Å²) < 4.78 is 12.7. The van der Waals surface area contributed by atoms with Gasteiger partial charge in [-0.25, -0.2) is 4.39 Å². The first-order valence-corrected chi connectivity index (χ1v) is 5.54. The average molecular weight is 241 g/mol. The second-order valence-electron chi connectivity index (χ2n) is 3.72. The molecule has 2 nitrogen and oxygen atoms in total. The SMILES string of the molecule is O=C(NC=Cc1ccc(F)cc1)c1ccccc1. The van der Waals surface area contributed by atoms with Gasteiger partial charge in [-0.1, -0.05) is 30.3 Å². The van der Waals surface area contributed by atoms with Gasteiger partial charge in [-0.2, -0.15) is 0 Å². The maximum atomic E-state index is 12.7. The van der Waals surface area contributed by atoms with Crippen molar-refractivity contribution in [3.63, 3.8) is 0 Å². The first kappa shape index (κ1) is 12.0. The molecule has 0 heterocycles. The number of amides is 1. The standard InChI is InChI=1S/C15H12FNO/c16-14-8-6-12(7-9-14)10-11-17-15(18)13-4-2-1-3-5-13/h1-11H,(H,17,18). The first-order valence-electron chi connectivity index (χ1n) is 5.54. The molecule has 0 bridgehead atoms. The Morgan fingerprint density at radius 1 is 1.00 bits per heavy atom. The molecule has 2 aromatic carbocycles. The van der Waals surface area contributed by atoms with Crippen molar-refractivity contribution in [1.29, 1.82) is 0 Å². The van der Waals surface area contributed by atoms with E-state index in [9.17, 15) is 9.18 Å². The minimum Gasteiger partial charge on any atom is -0.329 e. The van der Waals surface area contributed by atoms with Gasteiger partial charge in [0.25, 0.3) is 5.91 Å². The molecule has 0 saturated heterocycles. The zero-order chi connectivity index (χ0) is 12.8. The molecule has 0 fully saturated rings. The highest BCUT2D eigenvalue weighted by Crippen LogP contribution is 2.04. The number of nitrogens with one attached hydrogen (secondary N) is 1. The topological polar surface area (TPSA) is 29.1 Å².